The van der Waals surface area contributed by atoms with E-state index in [2.05, 4.69) is 30.3 Å². The van der Waals surface area contributed by atoms with E-state index in [1.807, 2.05) is 13.0 Å². The first kappa shape index (κ1) is 22.1. The lowest BCUT2D eigenvalue weighted by atomic mass is 10.1. The first-order valence-electron chi connectivity index (χ1n) is 8.35. The van der Waals surface area contributed by atoms with Crippen LogP contribution in [-0.4, -0.2) is 54.8 Å². The van der Waals surface area contributed by atoms with Crippen LogP contribution in [0.5, 0.6) is 0 Å². The number of nitrogens with zero attached hydrogens (tertiary/aromatic N) is 2. The molecule has 8 heteroatoms. The second-order valence-electron chi connectivity index (χ2n) is 6.44. The molecular formula is C17H30N2O5S. The van der Waals surface area contributed by atoms with Gasteiger partial charge in [0.15, 0.2) is 0 Å². The maximum atomic E-state index is 7.00. The van der Waals surface area contributed by atoms with Gasteiger partial charge in [0.1, 0.15) is 11.5 Å². The molecule has 0 aromatic carbocycles. The molecule has 1 aromatic rings. The normalized spacial score (nSPS) is 16.9. The van der Waals surface area contributed by atoms with Gasteiger partial charge in [0.25, 0.3) is 0 Å². The molecular weight excluding hydrogens is 344 g/mol. The van der Waals surface area contributed by atoms with Crippen LogP contribution in [0.1, 0.15) is 45.1 Å². The van der Waals surface area contributed by atoms with E-state index in [0.717, 1.165) is 19.3 Å². The standard InChI is InChI=1S/C16H26N2O4S.CH4O/c1-13-12-14(18-22-13)16(20-10-11-21-16)6-5-8-19-9-7-17-23-15(2,3)4;1-2/h7,12H,5-6,8-11H2,1-4H3;2H,1H3/b17-7+;. The van der Waals surface area contributed by atoms with Crippen molar-refractivity contribution in [1.82, 2.24) is 5.16 Å². The quantitative estimate of drug-likeness (QED) is 0.425. The molecule has 25 heavy (non-hydrogen) atoms. The van der Waals surface area contributed by atoms with Crippen LogP contribution in [0.15, 0.2) is 15.0 Å². The molecule has 0 atom stereocenters. The van der Waals surface area contributed by atoms with Gasteiger partial charge in [0.2, 0.25) is 5.79 Å². The zero-order valence-electron chi connectivity index (χ0n) is 15.8. The first-order valence-corrected chi connectivity index (χ1v) is 9.13. The monoisotopic (exact) mass is 374 g/mol. The lowest BCUT2D eigenvalue weighted by Gasteiger charge is -2.24. The average Bonchev–Trinajstić information content (AvgIpc) is 3.21. The van der Waals surface area contributed by atoms with E-state index in [9.17, 15) is 0 Å². The fourth-order valence-electron chi connectivity index (χ4n) is 2.19. The molecule has 2 heterocycles. The molecule has 7 nitrogen and oxygen atoms in total. The lowest BCUT2D eigenvalue weighted by Crippen LogP contribution is -2.28. The van der Waals surface area contributed by atoms with E-state index in [1.165, 1.54) is 0 Å². The second-order valence-corrected chi connectivity index (χ2v) is 8.06. The molecule has 0 unspecified atom stereocenters. The zero-order chi connectivity index (χ0) is 18.8. The van der Waals surface area contributed by atoms with Crippen LogP contribution in [0.25, 0.3) is 0 Å². The van der Waals surface area contributed by atoms with Gasteiger partial charge in [0.05, 0.1) is 19.8 Å². The third-order valence-electron chi connectivity index (χ3n) is 3.16. The number of aliphatic hydroxyl groups is 1. The molecule has 0 spiro atoms. The van der Waals surface area contributed by atoms with Gasteiger partial charge in [-0.15, -0.1) is 0 Å². The van der Waals surface area contributed by atoms with Crippen LogP contribution in [0.4, 0.5) is 0 Å². The summed E-state index contributed by atoms with van der Waals surface area (Å²) in [7, 11) is 1.00. The van der Waals surface area contributed by atoms with E-state index in [1.54, 1.807) is 18.2 Å². The molecule has 1 aromatic heterocycles. The fraction of sp³-hybridized carbons (Fsp3) is 0.765. The molecule has 1 saturated heterocycles. The minimum Gasteiger partial charge on any atom is -0.400 e. The van der Waals surface area contributed by atoms with Gasteiger partial charge in [-0.2, -0.15) is 0 Å². The van der Waals surface area contributed by atoms with Gasteiger partial charge in [-0.25, -0.2) is 4.40 Å². The number of aliphatic hydroxyl groups excluding tert-OH is 1. The first-order chi connectivity index (χ1) is 11.9. The van der Waals surface area contributed by atoms with Crippen LogP contribution >= 0.6 is 11.9 Å². The summed E-state index contributed by atoms with van der Waals surface area (Å²) in [5, 5.41) is 11.0. The minimum atomic E-state index is -0.780. The van der Waals surface area contributed by atoms with E-state index >= 15 is 0 Å². The zero-order valence-corrected chi connectivity index (χ0v) is 16.6. The highest BCUT2D eigenvalue weighted by Gasteiger charge is 2.40. The van der Waals surface area contributed by atoms with Crippen molar-refractivity contribution in [3.8, 4) is 0 Å². The average molecular weight is 375 g/mol. The van der Waals surface area contributed by atoms with Crippen LogP contribution in [0.2, 0.25) is 0 Å². The summed E-state index contributed by atoms with van der Waals surface area (Å²) in [6, 6.07) is 1.86. The second kappa shape index (κ2) is 10.9. The van der Waals surface area contributed by atoms with Crippen molar-refractivity contribution in [1.29, 1.82) is 0 Å². The van der Waals surface area contributed by atoms with Crippen LogP contribution < -0.4 is 0 Å². The van der Waals surface area contributed by atoms with Gasteiger partial charge in [-0.3, -0.25) is 0 Å². The SMILES string of the molecule is CO.Cc1cc(C2(CCCOC/C=N/SC(C)(C)C)OCCO2)no1. The smallest absolute Gasteiger partial charge is 0.216 e. The maximum absolute atomic E-state index is 7.00. The van der Waals surface area contributed by atoms with Gasteiger partial charge in [0, 0.05) is 37.2 Å². The van der Waals surface area contributed by atoms with E-state index in [-0.39, 0.29) is 4.75 Å². The van der Waals surface area contributed by atoms with Crippen LogP contribution in [0.3, 0.4) is 0 Å². The Morgan fingerprint density at radius 1 is 1.36 bits per heavy atom. The molecule has 144 valence electrons. The predicted octanol–water partition coefficient (Wildman–Crippen LogP) is 3.11. The third kappa shape index (κ3) is 7.87. The Balaban J connectivity index is 0.00000151. The summed E-state index contributed by atoms with van der Waals surface area (Å²) in [4.78, 5) is 0. The summed E-state index contributed by atoms with van der Waals surface area (Å²) in [6.07, 6.45) is 3.30. The van der Waals surface area contributed by atoms with Crippen molar-refractivity contribution in [2.75, 3.05) is 33.5 Å². The van der Waals surface area contributed by atoms with Crippen LogP contribution in [-0.2, 0) is 20.0 Å². The van der Waals surface area contributed by atoms with Crippen LogP contribution in [0, 0.1) is 6.92 Å². The molecule has 0 saturated carbocycles. The molecule has 1 N–H and O–H groups in total. The van der Waals surface area contributed by atoms with Crippen molar-refractivity contribution >= 4 is 18.2 Å². The number of hydrogen-bond donors (Lipinski definition) is 1. The minimum absolute atomic E-state index is 0.135. The highest BCUT2D eigenvalue weighted by Crippen LogP contribution is 2.35. The summed E-state index contributed by atoms with van der Waals surface area (Å²) in [5.41, 5.74) is 0.704. The Morgan fingerprint density at radius 3 is 2.60 bits per heavy atom. The molecule has 1 aliphatic rings. The molecule has 0 bridgehead atoms. The largest absolute Gasteiger partial charge is 0.400 e. The topological polar surface area (TPSA) is 86.3 Å². The van der Waals surface area contributed by atoms with Gasteiger partial charge in [-0.1, -0.05) is 5.16 Å². The summed E-state index contributed by atoms with van der Waals surface area (Å²) >= 11 is 1.55. The molecule has 1 aliphatic heterocycles. The number of hydrogen-bond acceptors (Lipinski definition) is 8. The van der Waals surface area contributed by atoms with Crippen molar-refractivity contribution < 1.29 is 23.8 Å². The third-order valence-corrected chi connectivity index (χ3v) is 3.96. The van der Waals surface area contributed by atoms with Crippen molar-refractivity contribution in [2.24, 2.45) is 4.40 Å². The summed E-state index contributed by atoms with van der Waals surface area (Å²) < 4.78 is 26.7. The lowest BCUT2D eigenvalue weighted by molar-refractivity contribution is -0.177. The highest BCUT2D eigenvalue weighted by molar-refractivity contribution is 7.99. The molecule has 0 aliphatic carbocycles. The Kier molecular flexibility index (Phi) is 9.66. The molecule has 0 amide bonds. The van der Waals surface area contributed by atoms with Gasteiger partial charge < -0.3 is 23.8 Å². The summed E-state index contributed by atoms with van der Waals surface area (Å²) in [6.45, 7) is 10.5. The van der Waals surface area contributed by atoms with Crippen molar-refractivity contribution in [2.45, 2.75) is 51.1 Å². The van der Waals surface area contributed by atoms with Gasteiger partial charge >= 0.3 is 0 Å². The predicted molar refractivity (Wildman–Crippen MR) is 98.9 cm³/mol. The molecule has 2 rings (SSSR count). The summed E-state index contributed by atoms with van der Waals surface area (Å²) in [5.74, 6) is -0.0283. The Labute approximate surface area is 154 Å². The maximum Gasteiger partial charge on any atom is 0.216 e. The molecule has 0 radical (unpaired) electrons. The number of aromatic nitrogens is 1. The number of aryl methyl sites for hydroxylation is 1. The number of ether oxygens (including phenoxy) is 3. The van der Waals surface area contributed by atoms with E-state index in [4.69, 9.17) is 23.8 Å². The number of rotatable bonds is 8. The fourth-order valence-corrected chi connectivity index (χ4v) is 2.64. The Hall–Kier alpha value is -0.930. The van der Waals surface area contributed by atoms with Gasteiger partial charge in [-0.05, 0) is 46.1 Å². The van der Waals surface area contributed by atoms with E-state index in [0.29, 0.717) is 38.5 Å². The van der Waals surface area contributed by atoms with E-state index < -0.39 is 5.79 Å². The highest BCUT2D eigenvalue weighted by atomic mass is 32.2. The Morgan fingerprint density at radius 2 is 2.04 bits per heavy atom. The van der Waals surface area contributed by atoms with Crippen molar-refractivity contribution in [3.05, 3.63) is 17.5 Å². The van der Waals surface area contributed by atoms with Crippen molar-refractivity contribution in [3.63, 3.8) is 0 Å². The molecule has 1 fully saturated rings. The Bertz CT molecular complexity index is 507.